The molecular weight excluding hydrogens is 202 g/mol. The second kappa shape index (κ2) is 4.39. The van der Waals surface area contributed by atoms with Gasteiger partial charge >= 0.3 is 0 Å². The Morgan fingerprint density at radius 3 is 2.94 bits per heavy atom. The number of aromatic amines is 1. The molecule has 0 radical (unpaired) electrons. The minimum Gasteiger partial charge on any atom is -0.494 e. The van der Waals surface area contributed by atoms with Crippen molar-refractivity contribution >= 4 is 16.7 Å². The number of hydrogen-bond acceptors (Lipinski definition) is 2. The van der Waals surface area contributed by atoms with Crippen molar-refractivity contribution in [1.29, 1.82) is 0 Å². The lowest BCUT2D eigenvalue weighted by molar-refractivity contribution is 0.101. The Bertz CT molecular complexity index is 514. The highest BCUT2D eigenvalue weighted by Gasteiger charge is 2.08. The molecule has 2 aromatic rings. The van der Waals surface area contributed by atoms with Crippen LogP contribution in [-0.2, 0) is 0 Å². The Labute approximate surface area is 94.4 Å². The van der Waals surface area contributed by atoms with E-state index in [0.717, 1.165) is 28.6 Å². The summed E-state index contributed by atoms with van der Waals surface area (Å²) >= 11 is 0. The van der Waals surface area contributed by atoms with Crippen molar-refractivity contribution in [3.63, 3.8) is 0 Å². The summed E-state index contributed by atoms with van der Waals surface area (Å²) in [4.78, 5) is 14.5. The number of nitrogens with one attached hydrogen (secondary N) is 1. The van der Waals surface area contributed by atoms with Crippen LogP contribution in [0.4, 0.5) is 0 Å². The molecule has 0 amide bonds. The van der Waals surface area contributed by atoms with Gasteiger partial charge in [0.15, 0.2) is 5.78 Å². The van der Waals surface area contributed by atoms with E-state index in [2.05, 4.69) is 11.9 Å². The summed E-state index contributed by atoms with van der Waals surface area (Å²) in [5.41, 5.74) is 1.69. The molecule has 0 atom stereocenters. The number of aromatic nitrogens is 1. The molecular formula is C13H15NO2. The highest BCUT2D eigenvalue weighted by Crippen LogP contribution is 2.24. The van der Waals surface area contributed by atoms with E-state index in [4.69, 9.17) is 4.74 Å². The molecule has 1 aromatic heterocycles. The lowest BCUT2D eigenvalue weighted by Gasteiger charge is -2.04. The van der Waals surface area contributed by atoms with Gasteiger partial charge in [-0.3, -0.25) is 4.79 Å². The molecule has 3 heteroatoms. The van der Waals surface area contributed by atoms with Crippen molar-refractivity contribution in [3.8, 4) is 5.75 Å². The maximum Gasteiger partial charge on any atom is 0.161 e. The average Bonchev–Trinajstić information content (AvgIpc) is 2.69. The van der Waals surface area contributed by atoms with Crippen LogP contribution in [-0.4, -0.2) is 17.4 Å². The number of carbonyl (C=O) groups excluding carboxylic acids is 1. The van der Waals surface area contributed by atoms with Crippen LogP contribution in [0.25, 0.3) is 10.9 Å². The molecule has 3 nitrogen and oxygen atoms in total. The average molecular weight is 217 g/mol. The number of ketones is 1. The molecule has 0 bridgehead atoms. The first-order valence-corrected chi connectivity index (χ1v) is 5.47. The zero-order valence-corrected chi connectivity index (χ0v) is 9.54. The van der Waals surface area contributed by atoms with Crippen LogP contribution in [0.1, 0.15) is 30.6 Å². The number of benzene rings is 1. The van der Waals surface area contributed by atoms with Crippen molar-refractivity contribution in [2.45, 2.75) is 20.3 Å². The number of hydrogen-bond donors (Lipinski definition) is 1. The molecule has 84 valence electrons. The minimum absolute atomic E-state index is 0.0684. The van der Waals surface area contributed by atoms with E-state index in [1.807, 2.05) is 18.2 Å². The summed E-state index contributed by atoms with van der Waals surface area (Å²) in [6.07, 6.45) is 2.72. The summed E-state index contributed by atoms with van der Waals surface area (Å²) in [7, 11) is 0. The summed E-state index contributed by atoms with van der Waals surface area (Å²) in [5, 5.41) is 0.932. The van der Waals surface area contributed by atoms with Gasteiger partial charge in [0.05, 0.1) is 6.61 Å². The standard InChI is InChI=1S/C13H15NO2/c1-3-6-16-10-4-5-13-11(7-10)12(8-14-13)9(2)15/h4-5,7-8,14H,3,6H2,1-2H3. The number of Topliss-reactive ketones (excluding diaryl/α,β-unsaturated/α-hetero) is 1. The van der Waals surface area contributed by atoms with Crippen molar-refractivity contribution in [2.24, 2.45) is 0 Å². The first kappa shape index (κ1) is 10.7. The molecule has 0 saturated heterocycles. The Hall–Kier alpha value is -1.77. The van der Waals surface area contributed by atoms with Crippen molar-refractivity contribution in [2.75, 3.05) is 6.61 Å². The lowest BCUT2D eigenvalue weighted by Crippen LogP contribution is -1.95. The minimum atomic E-state index is 0.0684. The predicted molar refractivity (Wildman–Crippen MR) is 64.1 cm³/mol. The van der Waals surface area contributed by atoms with Gasteiger partial charge in [0.2, 0.25) is 0 Å². The van der Waals surface area contributed by atoms with Crippen LogP contribution in [0, 0.1) is 0 Å². The Kier molecular flexibility index (Phi) is 2.95. The van der Waals surface area contributed by atoms with Crippen LogP contribution in [0.3, 0.4) is 0 Å². The fraction of sp³-hybridized carbons (Fsp3) is 0.308. The molecule has 2 rings (SSSR count). The van der Waals surface area contributed by atoms with Crippen LogP contribution in [0.2, 0.25) is 0 Å². The van der Waals surface area contributed by atoms with Gasteiger partial charge in [0.1, 0.15) is 5.75 Å². The quantitative estimate of drug-likeness (QED) is 0.799. The van der Waals surface area contributed by atoms with Gasteiger partial charge in [0.25, 0.3) is 0 Å². The van der Waals surface area contributed by atoms with E-state index < -0.39 is 0 Å². The van der Waals surface area contributed by atoms with Gasteiger partial charge in [-0.25, -0.2) is 0 Å². The summed E-state index contributed by atoms with van der Waals surface area (Å²) in [6, 6.07) is 5.77. The third-order valence-corrected chi connectivity index (χ3v) is 2.51. The second-order valence-corrected chi connectivity index (χ2v) is 3.81. The zero-order valence-electron chi connectivity index (χ0n) is 9.54. The highest BCUT2D eigenvalue weighted by atomic mass is 16.5. The number of ether oxygens (including phenoxy) is 1. The smallest absolute Gasteiger partial charge is 0.161 e. The molecule has 16 heavy (non-hydrogen) atoms. The van der Waals surface area contributed by atoms with E-state index in [9.17, 15) is 4.79 Å². The third kappa shape index (κ3) is 1.94. The van der Waals surface area contributed by atoms with Gasteiger partial charge in [-0.05, 0) is 31.5 Å². The number of carbonyl (C=O) groups is 1. The zero-order chi connectivity index (χ0) is 11.5. The SMILES string of the molecule is CCCOc1ccc2[nH]cc(C(C)=O)c2c1. The molecule has 1 N–H and O–H groups in total. The number of fused-ring (bicyclic) bond motifs is 1. The van der Waals surface area contributed by atoms with Crippen molar-refractivity contribution < 1.29 is 9.53 Å². The van der Waals surface area contributed by atoms with E-state index >= 15 is 0 Å². The van der Waals surface area contributed by atoms with Crippen LogP contribution in [0.15, 0.2) is 24.4 Å². The number of rotatable bonds is 4. The maximum atomic E-state index is 11.4. The van der Waals surface area contributed by atoms with Crippen molar-refractivity contribution in [3.05, 3.63) is 30.0 Å². The highest BCUT2D eigenvalue weighted by molar-refractivity contribution is 6.06. The molecule has 0 saturated carbocycles. The molecule has 1 aromatic carbocycles. The Morgan fingerprint density at radius 1 is 1.44 bits per heavy atom. The normalized spacial score (nSPS) is 10.6. The monoisotopic (exact) mass is 217 g/mol. The van der Waals surface area contributed by atoms with E-state index in [1.165, 1.54) is 0 Å². The van der Waals surface area contributed by atoms with E-state index in [-0.39, 0.29) is 5.78 Å². The molecule has 0 aliphatic rings. The topological polar surface area (TPSA) is 42.1 Å². The molecule has 0 unspecified atom stereocenters. The summed E-state index contributed by atoms with van der Waals surface area (Å²) in [6.45, 7) is 4.34. The van der Waals surface area contributed by atoms with Gasteiger partial charge in [0, 0.05) is 22.7 Å². The Morgan fingerprint density at radius 2 is 2.25 bits per heavy atom. The number of H-pyrrole nitrogens is 1. The maximum absolute atomic E-state index is 11.4. The van der Waals surface area contributed by atoms with Crippen molar-refractivity contribution in [1.82, 2.24) is 4.98 Å². The molecule has 0 aliphatic carbocycles. The molecule has 1 heterocycles. The van der Waals surface area contributed by atoms with E-state index in [1.54, 1.807) is 13.1 Å². The lowest BCUT2D eigenvalue weighted by atomic mass is 10.1. The first-order valence-electron chi connectivity index (χ1n) is 5.47. The second-order valence-electron chi connectivity index (χ2n) is 3.81. The first-order chi connectivity index (χ1) is 7.72. The van der Waals surface area contributed by atoms with Gasteiger partial charge in [-0.2, -0.15) is 0 Å². The largest absolute Gasteiger partial charge is 0.494 e. The third-order valence-electron chi connectivity index (χ3n) is 2.51. The van der Waals surface area contributed by atoms with Gasteiger partial charge in [-0.1, -0.05) is 6.92 Å². The van der Waals surface area contributed by atoms with Crippen LogP contribution >= 0.6 is 0 Å². The fourth-order valence-electron chi connectivity index (χ4n) is 1.70. The molecule has 0 spiro atoms. The molecule has 0 aliphatic heterocycles. The Balaban J connectivity index is 2.42. The van der Waals surface area contributed by atoms with Gasteiger partial charge < -0.3 is 9.72 Å². The van der Waals surface area contributed by atoms with Gasteiger partial charge in [-0.15, -0.1) is 0 Å². The fourth-order valence-corrected chi connectivity index (χ4v) is 1.70. The summed E-state index contributed by atoms with van der Waals surface area (Å²) in [5.74, 6) is 0.885. The van der Waals surface area contributed by atoms with Crippen LogP contribution < -0.4 is 4.74 Å². The molecule has 0 fully saturated rings. The van der Waals surface area contributed by atoms with E-state index in [0.29, 0.717) is 6.61 Å². The summed E-state index contributed by atoms with van der Waals surface area (Å²) < 4.78 is 5.54. The predicted octanol–water partition coefficient (Wildman–Crippen LogP) is 3.16. The van der Waals surface area contributed by atoms with Crippen LogP contribution in [0.5, 0.6) is 5.75 Å².